The Morgan fingerprint density at radius 3 is 2.49 bits per heavy atom. The van der Waals surface area contributed by atoms with Crippen LogP contribution in [-0.4, -0.2) is 63.7 Å². The summed E-state index contributed by atoms with van der Waals surface area (Å²) in [5.41, 5.74) is 1.45. The number of carboxylic acid groups (broad SMARTS) is 1. The number of amides is 3. The van der Waals surface area contributed by atoms with Crippen molar-refractivity contribution in [3.63, 3.8) is 0 Å². The Balaban J connectivity index is 1.18. The zero-order chi connectivity index (χ0) is 31.6. The predicted octanol–water partition coefficient (Wildman–Crippen LogP) is 4.06. The number of benzene rings is 2. The predicted molar refractivity (Wildman–Crippen MR) is 166 cm³/mol. The molecule has 0 spiro atoms. The number of thioether (sulfide) groups is 1. The second-order valence-electron chi connectivity index (χ2n) is 11.6. The first-order valence-corrected chi connectivity index (χ1v) is 16.6. The number of carboxylic acids is 1. The van der Waals surface area contributed by atoms with Crippen LogP contribution in [-0.2, 0) is 19.2 Å². The largest absolute Gasteiger partial charge is 0.490 e. The number of likely N-dealkylation sites (tertiary alicyclic amines) is 1. The zero-order valence-corrected chi connectivity index (χ0v) is 26.2. The van der Waals surface area contributed by atoms with Gasteiger partial charge in [0.15, 0.2) is 18.1 Å². The van der Waals surface area contributed by atoms with Crippen LogP contribution in [0.15, 0.2) is 52.3 Å². The Morgan fingerprint density at radius 1 is 1.04 bits per heavy atom. The Labute approximate surface area is 270 Å². The Kier molecular flexibility index (Phi) is 7.65. The minimum absolute atomic E-state index is 0.0384. The van der Waals surface area contributed by atoms with Crippen molar-refractivity contribution in [1.29, 1.82) is 0 Å². The molecule has 7 rings (SSSR count). The molecular formula is C31H28ClN3O8S2. The van der Waals surface area contributed by atoms with E-state index in [1.807, 2.05) is 19.1 Å². The van der Waals surface area contributed by atoms with Crippen molar-refractivity contribution < 1.29 is 33.8 Å². The average Bonchev–Trinajstić information content (AvgIpc) is 3.74. The van der Waals surface area contributed by atoms with Gasteiger partial charge in [-0.25, -0.2) is 0 Å². The number of ether oxygens (including phenoxy) is 2. The van der Waals surface area contributed by atoms with Crippen LogP contribution in [0.25, 0.3) is 0 Å². The standard InChI is InChI=1S/C31H28ClN3O8S2/c1-2-42-19-9-13(3-8-18(19)43-12-20(36)33-15-6-4-14(32)5-7-15)22-23-16-10-17(26(23)44-28-27(22)45-31(41)34-28)25-24(16)29(39)35(30(25)40)11-21(37)38/h3-9,16-17,22-26H,2,10-12H2,1H3,(H,33,36)(H,34,41)(H,37,38)/t16?,17?,22-,23?,24?,25?,26?/m1/s1. The van der Waals surface area contributed by atoms with Gasteiger partial charge in [-0.05, 0) is 73.1 Å². The summed E-state index contributed by atoms with van der Waals surface area (Å²) in [6.45, 7) is 1.30. The molecular weight excluding hydrogens is 642 g/mol. The van der Waals surface area contributed by atoms with Crippen LogP contribution in [0.3, 0.4) is 0 Å². The lowest BCUT2D eigenvalue weighted by atomic mass is 9.68. The zero-order valence-electron chi connectivity index (χ0n) is 23.9. The summed E-state index contributed by atoms with van der Waals surface area (Å²) in [6, 6.07) is 12.2. The van der Waals surface area contributed by atoms with Gasteiger partial charge < -0.3 is 24.9 Å². The minimum atomic E-state index is -1.22. The molecule has 3 aromatic rings. The maximum Gasteiger partial charge on any atom is 0.323 e. The molecule has 6 unspecified atom stereocenters. The third kappa shape index (κ3) is 5.10. The molecule has 7 atom stereocenters. The number of fused-ring (bicyclic) bond motifs is 9. The van der Waals surface area contributed by atoms with E-state index in [4.69, 9.17) is 21.1 Å². The molecule has 45 heavy (non-hydrogen) atoms. The molecule has 2 aliphatic heterocycles. The molecule has 14 heteroatoms. The summed E-state index contributed by atoms with van der Waals surface area (Å²) < 4.78 is 11.8. The number of anilines is 1. The van der Waals surface area contributed by atoms with Crippen LogP contribution in [0, 0.1) is 29.6 Å². The highest BCUT2D eigenvalue weighted by Crippen LogP contribution is 2.68. The van der Waals surface area contributed by atoms with E-state index >= 15 is 0 Å². The topological polar surface area (TPSA) is 155 Å². The van der Waals surface area contributed by atoms with Gasteiger partial charge >= 0.3 is 10.8 Å². The number of carbonyl (C=O) groups excluding carboxylic acids is 3. The highest BCUT2D eigenvalue weighted by Gasteiger charge is 2.69. The number of aromatic nitrogens is 1. The van der Waals surface area contributed by atoms with Gasteiger partial charge in [0.2, 0.25) is 11.8 Å². The van der Waals surface area contributed by atoms with Crippen LogP contribution < -0.4 is 19.7 Å². The van der Waals surface area contributed by atoms with Crippen molar-refractivity contribution in [2.45, 2.75) is 29.5 Å². The van der Waals surface area contributed by atoms with Crippen LogP contribution in [0.4, 0.5) is 5.69 Å². The quantitative estimate of drug-likeness (QED) is 0.286. The van der Waals surface area contributed by atoms with Gasteiger partial charge in [-0.3, -0.25) is 28.9 Å². The second-order valence-corrected chi connectivity index (χ2v) is 14.2. The molecule has 0 radical (unpaired) electrons. The van der Waals surface area contributed by atoms with E-state index < -0.39 is 36.2 Å². The maximum absolute atomic E-state index is 13.4. The Hall–Kier alpha value is -3.81. The van der Waals surface area contributed by atoms with Gasteiger partial charge in [-0.2, -0.15) is 0 Å². The molecule has 3 amide bonds. The summed E-state index contributed by atoms with van der Waals surface area (Å²) in [4.78, 5) is 67.9. The molecule has 3 heterocycles. The van der Waals surface area contributed by atoms with Gasteiger partial charge in [-0.15, -0.1) is 11.8 Å². The van der Waals surface area contributed by atoms with Crippen molar-refractivity contribution in [1.82, 2.24) is 9.88 Å². The van der Waals surface area contributed by atoms with Crippen molar-refractivity contribution in [2.75, 3.05) is 25.1 Å². The van der Waals surface area contributed by atoms with E-state index in [0.717, 1.165) is 31.7 Å². The first kappa shape index (κ1) is 29.9. The van der Waals surface area contributed by atoms with E-state index in [2.05, 4.69) is 10.3 Å². The molecule has 2 bridgehead atoms. The summed E-state index contributed by atoms with van der Waals surface area (Å²) in [6.07, 6.45) is 0.688. The average molecular weight is 670 g/mol. The first-order valence-electron chi connectivity index (χ1n) is 14.6. The van der Waals surface area contributed by atoms with Crippen molar-refractivity contribution in [3.05, 3.63) is 67.6 Å². The number of hydrogen-bond acceptors (Lipinski definition) is 9. The van der Waals surface area contributed by atoms with E-state index in [0.29, 0.717) is 35.2 Å². The van der Waals surface area contributed by atoms with Crippen LogP contribution in [0.2, 0.25) is 5.02 Å². The number of aromatic amines is 1. The lowest BCUT2D eigenvalue weighted by Crippen LogP contribution is -2.42. The van der Waals surface area contributed by atoms with E-state index in [-0.39, 0.29) is 46.3 Å². The minimum Gasteiger partial charge on any atom is -0.490 e. The van der Waals surface area contributed by atoms with E-state index in [1.54, 1.807) is 42.1 Å². The molecule has 2 aliphatic carbocycles. The molecule has 4 aliphatic rings. The van der Waals surface area contributed by atoms with Gasteiger partial charge in [0.25, 0.3) is 5.91 Å². The SMILES string of the molecule is CCOc1cc([C@H]2c3sc(=O)[nH]c3SC3C4CC(C5C(=O)N(CC(=O)O)C(=O)C45)C32)ccc1OCC(=O)Nc1ccc(Cl)cc1. The molecule has 234 valence electrons. The van der Waals surface area contributed by atoms with Crippen molar-refractivity contribution in [2.24, 2.45) is 29.6 Å². The molecule has 1 aromatic heterocycles. The van der Waals surface area contributed by atoms with E-state index in [1.165, 1.54) is 0 Å². The molecule has 11 nitrogen and oxygen atoms in total. The Morgan fingerprint density at radius 2 is 1.78 bits per heavy atom. The van der Waals surface area contributed by atoms with Crippen molar-refractivity contribution in [3.8, 4) is 11.5 Å². The number of hydrogen-bond donors (Lipinski definition) is 3. The van der Waals surface area contributed by atoms with Crippen LogP contribution in [0.5, 0.6) is 11.5 Å². The highest BCUT2D eigenvalue weighted by atomic mass is 35.5. The summed E-state index contributed by atoms with van der Waals surface area (Å²) in [5, 5.41) is 13.4. The Bertz CT molecular complexity index is 1770. The molecule has 1 saturated heterocycles. The number of nitrogens with zero attached hydrogens (tertiary/aromatic N) is 1. The summed E-state index contributed by atoms with van der Waals surface area (Å²) >= 11 is 8.62. The number of imide groups is 1. The number of rotatable bonds is 9. The molecule has 2 saturated carbocycles. The van der Waals surface area contributed by atoms with Crippen LogP contribution in [0.1, 0.15) is 29.7 Å². The fourth-order valence-corrected chi connectivity index (χ4v) is 10.7. The van der Waals surface area contributed by atoms with Gasteiger partial charge in [0.1, 0.15) is 6.54 Å². The number of H-pyrrole nitrogens is 1. The fourth-order valence-electron chi connectivity index (χ4n) is 7.72. The lowest BCUT2D eigenvalue weighted by Gasteiger charge is -2.43. The number of thiazole rings is 1. The molecule has 3 fully saturated rings. The number of aliphatic carboxylic acids is 1. The highest BCUT2D eigenvalue weighted by molar-refractivity contribution is 8.00. The number of halogens is 1. The summed E-state index contributed by atoms with van der Waals surface area (Å²) in [5.74, 6) is -3.27. The van der Waals surface area contributed by atoms with Gasteiger partial charge in [-0.1, -0.05) is 29.0 Å². The lowest BCUT2D eigenvalue weighted by molar-refractivity contribution is -0.149. The third-order valence-corrected chi connectivity index (χ3v) is 12.1. The maximum atomic E-state index is 13.4. The van der Waals surface area contributed by atoms with Gasteiger partial charge in [0.05, 0.1) is 23.5 Å². The number of carbonyl (C=O) groups is 4. The smallest absolute Gasteiger partial charge is 0.323 e. The first-order chi connectivity index (χ1) is 21.6. The van der Waals surface area contributed by atoms with E-state index in [9.17, 15) is 29.1 Å². The molecule has 2 aromatic carbocycles. The summed E-state index contributed by atoms with van der Waals surface area (Å²) in [7, 11) is 0. The van der Waals surface area contributed by atoms with Gasteiger partial charge in [0, 0.05) is 26.8 Å². The normalized spacial score (nSPS) is 27.6. The van der Waals surface area contributed by atoms with Crippen LogP contribution >= 0.6 is 34.7 Å². The third-order valence-electron chi connectivity index (χ3n) is 9.22. The number of nitrogens with one attached hydrogen (secondary N) is 2. The van der Waals surface area contributed by atoms with Crippen molar-refractivity contribution >= 4 is 64.1 Å². The molecule has 3 N–H and O–H groups in total. The second kappa shape index (κ2) is 11.5. The monoisotopic (exact) mass is 669 g/mol. The fraction of sp³-hybridized carbons (Fsp3) is 0.387.